The third-order valence-corrected chi connectivity index (χ3v) is 3.77. The van der Waals surface area contributed by atoms with Gasteiger partial charge in [0.25, 0.3) is 5.91 Å². The van der Waals surface area contributed by atoms with Crippen LogP contribution >= 0.6 is 0 Å². The van der Waals surface area contributed by atoms with Gasteiger partial charge < -0.3 is 14.4 Å². The second kappa shape index (κ2) is 7.13. The van der Waals surface area contributed by atoms with Crippen LogP contribution in [0.15, 0.2) is 34.0 Å². The molecule has 1 aliphatic heterocycles. The SMILES string of the molecule is C=C1c2oc(C=CC=CCCCCC)c(O)c(=O)c2C(=O)N1C. The van der Waals surface area contributed by atoms with E-state index in [4.69, 9.17) is 4.42 Å². The molecule has 1 aromatic heterocycles. The molecule has 1 aliphatic rings. The highest BCUT2D eigenvalue weighted by Crippen LogP contribution is 2.31. The highest BCUT2D eigenvalue weighted by Gasteiger charge is 2.35. The van der Waals surface area contributed by atoms with Crippen molar-refractivity contribution in [3.8, 4) is 5.75 Å². The molecular weight excluding hydrogens is 294 g/mol. The van der Waals surface area contributed by atoms with Gasteiger partial charge in [-0.2, -0.15) is 0 Å². The van der Waals surface area contributed by atoms with Crippen LogP contribution in [0.3, 0.4) is 0 Å². The summed E-state index contributed by atoms with van der Waals surface area (Å²) in [7, 11) is 1.51. The van der Waals surface area contributed by atoms with Crippen molar-refractivity contribution in [2.75, 3.05) is 7.05 Å². The Balaban J connectivity index is 2.23. The molecule has 1 aromatic rings. The van der Waals surface area contributed by atoms with Gasteiger partial charge in [-0.15, -0.1) is 0 Å². The molecule has 0 unspecified atom stereocenters. The molecule has 0 aromatic carbocycles. The summed E-state index contributed by atoms with van der Waals surface area (Å²) in [6.45, 7) is 5.88. The van der Waals surface area contributed by atoms with E-state index in [1.54, 1.807) is 6.08 Å². The second-order valence-corrected chi connectivity index (χ2v) is 5.44. The highest BCUT2D eigenvalue weighted by molar-refractivity contribution is 6.07. The lowest BCUT2D eigenvalue weighted by atomic mass is 10.2. The van der Waals surface area contributed by atoms with E-state index in [0.29, 0.717) is 5.70 Å². The standard InChI is InChI=1S/C18H21NO4/c1-4-5-6-7-8-9-10-11-13-15(20)16(21)14-17(23-13)12(2)19(3)18(14)22/h8-11,20H,2,4-7H2,1,3H3. The van der Waals surface area contributed by atoms with E-state index in [-0.39, 0.29) is 17.1 Å². The van der Waals surface area contributed by atoms with Crippen LogP contribution in [0.25, 0.3) is 11.8 Å². The molecule has 5 nitrogen and oxygen atoms in total. The van der Waals surface area contributed by atoms with E-state index >= 15 is 0 Å². The molecule has 0 saturated heterocycles. The number of hydrogen-bond donors (Lipinski definition) is 1. The first-order valence-electron chi connectivity index (χ1n) is 7.69. The molecule has 0 aliphatic carbocycles. The Bertz CT molecular complexity index is 740. The summed E-state index contributed by atoms with van der Waals surface area (Å²) >= 11 is 0. The Morgan fingerprint density at radius 2 is 2.00 bits per heavy atom. The maximum Gasteiger partial charge on any atom is 0.266 e. The maximum atomic E-state index is 12.1. The molecule has 1 amide bonds. The van der Waals surface area contributed by atoms with E-state index in [1.165, 1.54) is 30.9 Å². The number of rotatable bonds is 6. The molecule has 0 bridgehead atoms. The summed E-state index contributed by atoms with van der Waals surface area (Å²) in [4.78, 5) is 25.3. The molecule has 0 spiro atoms. The van der Waals surface area contributed by atoms with Gasteiger partial charge in [0.2, 0.25) is 11.2 Å². The zero-order chi connectivity index (χ0) is 17.0. The summed E-state index contributed by atoms with van der Waals surface area (Å²) in [6.07, 6.45) is 11.5. The van der Waals surface area contributed by atoms with Gasteiger partial charge in [-0.05, 0) is 18.9 Å². The van der Waals surface area contributed by atoms with Gasteiger partial charge in [0.15, 0.2) is 11.5 Å². The van der Waals surface area contributed by atoms with Gasteiger partial charge in [-0.1, -0.05) is 44.6 Å². The number of allylic oxidation sites excluding steroid dienone is 3. The van der Waals surface area contributed by atoms with Crippen LogP contribution < -0.4 is 5.43 Å². The topological polar surface area (TPSA) is 70.8 Å². The maximum absolute atomic E-state index is 12.1. The lowest BCUT2D eigenvalue weighted by molar-refractivity contribution is 0.0873. The fourth-order valence-electron chi connectivity index (χ4n) is 2.33. The summed E-state index contributed by atoms with van der Waals surface area (Å²) in [6, 6.07) is 0. The van der Waals surface area contributed by atoms with Crippen LogP contribution in [0.2, 0.25) is 0 Å². The average Bonchev–Trinajstić information content (AvgIpc) is 2.75. The first-order valence-corrected chi connectivity index (χ1v) is 7.69. The van der Waals surface area contributed by atoms with E-state index in [9.17, 15) is 14.7 Å². The lowest BCUT2D eigenvalue weighted by Gasteiger charge is -2.07. The first-order chi connectivity index (χ1) is 11.0. The molecule has 0 fully saturated rings. The largest absolute Gasteiger partial charge is 0.502 e. The van der Waals surface area contributed by atoms with Crippen molar-refractivity contribution in [2.45, 2.75) is 32.6 Å². The number of fused-ring (bicyclic) bond motifs is 1. The zero-order valence-corrected chi connectivity index (χ0v) is 13.5. The van der Waals surface area contributed by atoms with Gasteiger partial charge in [-0.25, -0.2) is 0 Å². The smallest absolute Gasteiger partial charge is 0.266 e. The summed E-state index contributed by atoms with van der Waals surface area (Å²) in [5.41, 5.74) is -0.581. The van der Waals surface area contributed by atoms with Crippen LogP contribution in [-0.2, 0) is 0 Å². The monoisotopic (exact) mass is 315 g/mol. The third-order valence-electron chi connectivity index (χ3n) is 3.77. The van der Waals surface area contributed by atoms with E-state index in [0.717, 1.165) is 12.8 Å². The molecule has 2 rings (SSSR count). The molecule has 0 radical (unpaired) electrons. The number of amides is 1. The van der Waals surface area contributed by atoms with Crippen molar-refractivity contribution in [3.05, 3.63) is 52.1 Å². The Kier molecular flexibility index (Phi) is 5.21. The third kappa shape index (κ3) is 3.28. The van der Waals surface area contributed by atoms with Crippen molar-refractivity contribution in [2.24, 2.45) is 0 Å². The van der Waals surface area contributed by atoms with Crippen LogP contribution in [0.5, 0.6) is 5.75 Å². The molecule has 122 valence electrons. The van der Waals surface area contributed by atoms with Crippen molar-refractivity contribution in [1.82, 2.24) is 4.90 Å². The molecule has 23 heavy (non-hydrogen) atoms. The summed E-state index contributed by atoms with van der Waals surface area (Å²) in [5, 5.41) is 9.94. The quantitative estimate of drug-likeness (QED) is 0.644. The fourth-order valence-corrected chi connectivity index (χ4v) is 2.33. The lowest BCUT2D eigenvalue weighted by Crippen LogP contribution is -2.21. The molecule has 0 atom stereocenters. The van der Waals surface area contributed by atoms with Crippen LogP contribution in [0.1, 0.15) is 54.5 Å². The Morgan fingerprint density at radius 1 is 1.26 bits per heavy atom. The minimum atomic E-state index is -0.728. The average molecular weight is 315 g/mol. The van der Waals surface area contributed by atoms with E-state index in [1.807, 2.05) is 12.2 Å². The van der Waals surface area contributed by atoms with Crippen LogP contribution in [0, 0.1) is 0 Å². The van der Waals surface area contributed by atoms with Crippen LogP contribution in [-0.4, -0.2) is 23.0 Å². The summed E-state index contributed by atoms with van der Waals surface area (Å²) in [5.74, 6) is -0.931. The zero-order valence-electron chi connectivity index (χ0n) is 13.5. The number of carbonyl (C=O) groups excluding carboxylic acids is 1. The fraction of sp³-hybridized carbons (Fsp3) is 0.333. The molecule has 1 N–H and O–H groups in total. The van der Waals surface area contributed by atoms with Gasteiger partial charge in [0.1, 0.15) is 5.56 Å². The minimum absolute atomic E-state index is 0.0243. The van der Waals surface area contributed by atoms with Crippen molar-refractivity contribution < 1.29 is 14.3 Å². The summed E-state index contributed by atoms with van der Waals surface area (Å²) < 4.78 is 5.50. The van der Waals surface area contributed by atoms with Gasteiger partial charge in [0, 0.05) is 7.05 Å². The number of hydrogen-bond acceptors (Lipinski definition) is 4. The highest BCUT2D eigenvalue weighted by atomic mass is 16.4. The second-order valence-electron chi connectivity index (χ2n) is 5.44. The Hall–Kier alpha value is -2.56. The number of nitrogens with zero attached hydrogens (tertiary/aromatic N) is 1. The number of carbonyl (C=O) groups is 1. The first kappa shape index (κ1) is 16.8. The van der Waals surface area contributed by atoms with E-state index < -0.39 is 17.1 Å². The Morgan fingerprint density at radius 3 is 2.70 bits per heavy atom. The van der Waals surface area contributed by atoms with Crippen molar-refractivity contribution >= 4 is 17.7 Å². The minimum Gasteiger partial charge on any atom is -0.502 e. The van der Waals surface area contributed by atoms with Gasteiger partial charge in [0.05, 0.1) is 5.70 Å². The van der Waals surface area contributed by atoms with E-state index in [2.05, 4.69) is 13.5 Å². The van der Waals surface area contributed by atoms with Crippen LogP contribution in [0.4, 0.5) is 0 Å². The Labute approximate surface area is 135 Å². The number of aromatic hydroxyl groups is 1. The molecule has 5 heteroatoms. The van der Waals surface area contributed by atoms with Gasteiger partial charge >= 0.3 is 0 Å². The molecular formula is C18H21NO4. The van der Waals surface area contributed by atoms with Crippen molar-refractivity contribution in [1.29, 1.82) is 0 Å². The normalized spacial score (nSPS) is 14.4. The molecule has 0 saturated carbocycles. The predicted molar refractivity (Wildman–Crippen MR) is 90.1 cm³/mol. The predicted octanol–water partition coefficient (Wildman–Crippen LogP) is 3.55. The van der Waals surface area contributed by atoms with Crippen molar-refractivity contribution in [3.63, 3.8) is 0 Å². The molecule has 2 heterocycles. The number of unbranched alkanes of at least 4 members (excludes halogenated alkanes) is 3. The van der Waals surface area contributed by atoms with Gasteiger partial charge in [-0.3, -0.25) is 9.59 Å².